The van der Waals surface area contributed by atoms with Crippen molar-refractivity contribution in [2.75, 3.05) is 82.5 Å². The first-order valence-corrected chi connectivity index (χ1v) is 34.1. The molecular formula is C57H61N17O17S6. The Morgan fingerprint density at radius 1 is 0.649 bits per heavy atom. The van der Waals surface area contributed by atoms with Crippen molar-refractivity contribution in [2.24, 2.45) is 26.2 Å². The van der Waals surface area contributed by atoms with Crippen LogP contribution in [0.5, 0.6) is 11.5 Å². The number of primary amides is 1. The summed E-state index contributed by atoms with van der Waals surface area (Å²) >= 11 is 2.98. The molecule has 0 aliphatic heterocycles. The number of benzene rings is 4. The average Bonchev–Trinajstić information content (AvgIpc) is 1.78. The number of nitrogens with one attached hydrogen (secondary N) is 5. The molecule has 40 heteroatoms. The summed E-state index contributed by atoms with van der Waals surface area (Å²) in [6, 6.07) is 18.9. The largest absolute Gasteiger partial charge is 0.494 e. The number of thiazole rings is 2. The van der Waals surface area contributed by atoms with Gasteiger partial charge in [-0.25, -0.2) is 9.97 Å². The van der Waals surface area contributed by atoms with E-state index < -0.39 is 71.2 Å². The van der Waals surface area contributed by atoms with Crippen molar-refractivity contribution in [3.05, 3.63) is 105 Å². The summed E-state index contributed by atoms with van der Waals surface area (Å²) in [4.78, 5) is 102. The molecular weight excluding hydrogens is 1390 g/mol. The lowest BCUT2D eigenvalue weighted by molar-refractivity contribution is -0.120. The van der Waals surface area contributed by atoms with Gasteiger partial charge in [-0.3, -0.25) is 33.3 Å². The van der Waals surface area contributed by atoms with Crippen LogP contribution in [0.4, 0.5) is 73.3 Å². The fraction of sp³-hybridized carbons (Fsp3) is 0.246. The van der Waals surface area contributed by atoms with Crippen LogP contribution in [0, 0.1) is 0 Å². The number of nitrogens with zero attached hydrogens (tertiary/aromatic N) is 11. The molecule has 0 spiro atoms. The number of hydrogen-bond acceptors (Lipinski definition) is 32. The number of methoxy groups -OCH3 is 2. The van der Waals surface area contributed by atoms with Gasteiger partial charge in [-0.15, -0.1) is 45.7 Å². The Morgan fingerprint density at radius 3 is 1.58 bits per heavy atom. The van der Waals surface area contributed by atoms with Crippen molar-refractivity contribution in [2.45, 2.75) is 58.6 Å². The van der Waals surface area contributed by atoms with Gasteiger partial charge >= 0.3 is 31.3 Å². The minimum Gasteiger partial charge on any atom is -0.494 e. The van der Waals surface area contributed by atoms with Crippen LogP contribution in [-0.4, -0.2) is 145 Å². The van der Waals surface area contributed by atoms with E-state index in [4.69, 9.17) is 55.4 Å². The first kappa shape index (κ1) is 77.1. The van der Waals surface area contributed by atoms with Crippen LogP contribution in [0.3, 0.4) is 0 Å². The molecule has 0 radical (unpaired) electrons. The molecule has 3 heterocycles. The second-order valence-corrected chi connectivity index (χ2v) is 24.2. The van der Waals surface area contributed by atoms with E-state index in [1.807, 2.05) is 45.6 Å². The van der Waals surface area contributed by atoms with E-state index in [0.29, 0.717) is 99.6 Å². The molecule has 0 saturated carbocycles. The van der Waals surface area contributed by atoms with Gasteiger partial charge in [0.1, 0.15) is 22.9 Å². The minimum absolute atomic E-state index is 0.0309. The van der Waals surface area contributed by atoms with Gasteiger partial charge in [-0.05, 0) is 108 Å². The van der Waals surface area contributed by atoms with Crippen molar-refractivity contribution in [3.63, 3.8) is 0 Å². The summed E-state index contributed by atoms with van der Waals surface area (Å²) in [5.41, 5.74) is 8.07. The van der Waals surface area contributed by atoms with Gasteiger partial charge in [0, 0.05) is 67.1 Å². The Bertz CT molecular complexity index is 4540. The van der Waals surface area contributed by atoms with Crippen molar-refractivity contribution < 1.29 is 76.5 Å². The number of thioether (sulfide) groups is 1. The van der Waals surface area contributed by atoms with E-state index in [2.05, 4.69) is 61.9 Å². The third kappa shape index (κ3) is 23.1. The molecule has 0 aliphatic rings. The van der Waals surface area contributed by atoms with Crippen LogP contribution < -0.4 is 51.6 Å². The summed E-state index contributed by atoms with van der Waals surface area (Å²) in [6.45, 7) is 14.5. The summed E-state index contributed by atoms with van der Waals surface area (Å²) in [7, 11) is -8.31. The van der Waals surface area contributed by atoms with Gasteiger partial charge < -0.3 is 51.6 Å². The van der Waals surface area contributed by atoms with Crippen LogP contribution in [0.15, 0.2) is 121 Å². The molecule has 0 fully saturated rings. The Morgan fingerprint density at radius 2 is 1.12 bits per heavy atom. The van der Waals surface area contributed by atoms with E-state index in [1.54, 1.807) is 36.4 Å². The molecule has 0 saturated heterocycles. The molecule has 8 N–H and O–H groups in total. The van der Waals surface area contributed by atoms with Crippen molar-refractivity contribution in [3.8, 4) is 11.5 Å². The van der Waals surface area contributed by atoms with Crippen LogP contribution in [0.1, 0.15) is 68.6 Å². The maximum Gasteiger partial charge on any atom is 0.425 e. The Kier molecular flexibility index (Phi) is 29.3. The Balaban J connectivity index is 0.00000201. The Labute approximate surface area is 569 Å². The average molecular weight is 1450 g/mol. The number of anilines is 9. The number of rotatable bonds is 30. The molecule has 0 unspecified atom stereocenters. The number of ether oxygens (including phenoxy) is 2. The molecule has 7 aromatic rings. The lowest BCUT2D eigenvalue weighted by Gasteiger charge is -2.25. The summed E-state index contributed by atoms with van der Waals surface area (Å²) in [6.07, 6.45) is 4.29. The number of carbonyl (C=O) groups is 6. The summed E-state index contributed by atoms with van der Waals surface area (Å²) < 4.78 is 98.2. The second-order valence-electron chi connectivity index (χ2n) is 18.8. The van der Waals surface area contributed by atoms with Gasteiger partial charge in [0.05, 0.1) is 57.9 Å². The monoisotopic (exact) mass is 1450 g/mol. The van der Waals surface area contributed by atoms with E-state index >= 15 is 0 Å². The zero-order valence-electron chi connectivity index (χ0n) is 52.7. The maximum atomic E-state index is 13.5. The standard InChI is InChI=1S/C57H61N17O11S4.2O3S/c1-10-73(11-2)44-25-40(42(27-46(44)84-8)69-71-55-59-29-37(87-55)23-38(31(6)76)50(79)62-36-20-16-18-34(22-36)60-30-75)63-53-66-54(68-56(67-53)86-14-5)64-41-26-45(74(12-3)13-4)47(85-9)28-43(41)70-72-57-65-52(89(81,82)83)48(88-57)24-39(32(7)77)51(80)61-35-19-15-17-33(21-35)49(58)78;2*1-4(2)3/h15-30H,10-14H2,1-9H3,(H2,58,78)(H,60,75)(H,61,80)(H,62,79)(H,81,82,83)(H2,63,64,66,67,68);;/b38-23+,39-24-,71-69?,72-70?;;. The molecule has 34 nitrogen and oxygen atoms in total. The highest BCUT2D eigenvalue weighted by Gasteiger charge is 2.26. The van der Waals surface area contributed by atoms with E-state index in [9.17, 15) is 41.7 Å². The molecule has 4 aromatic carbocycles. The topological polar surface area (TPSA) is 484 Å². The van der Waals surface area contributed by atoms with Crippen LogP contribution >= 0.6 is 34.4 Å². The second kappa shape index (κ2) is 36.9. The summed E-state index contributed by atoms with van der Waals surface area (Å²) in [5.74, 6) is -2.20. The van der Waals surface area contributed by atoms with Gasteiger partial charge in [-0.2, -0.15) is 23.4 Å². The highest BCUT2D eigenvalue weighted by Crippen LogP contribution is 2.43. The number of hydrogen-bond donors (Lipinski definition) is 7. The number of nitrogens with two attached hydrogens (primary N) is 1. The number of azo groups is 2. The van der Waals surface area contributed by atoms with Crippen LogP contribution in [0.25, 0.3) is 12.2 Å². The third-order valence-corrected chi connectivity index (χ3v) is 16.0. The predicted molar refractivity (Wildman–Crippen MR) is 363 cm³/mol. The molecule has 3 aromatic heterocycles. The minimum atomic E-state index is -5.09. The highest BCUT2D eigenvalue weighted by atomic mass is 32.2. The molecule has 0 bridgehead atoms. The van der Waals surface area contributed by atoms with E-state index in [0.717, 1.165) is 24.3 Å². The lowest BCUT2D eigenvalue weighted by Crippen LogP contribution is -2.22. The zero-order valence-corrected chi connectivity index (χ0v) is 57.6. The fourth-order valence-electron chi connectivity index (χ4n) is 8.37. The number of carbonyl (C=O) groups excluding carboxylic acids is 6. The van der Waals surface area contributed by atoms with Crippen molar-refractivity contribution in [1.82, 2.24) is 24.9 Å². The van der Waals surface area contributed by atoms with E-state index in [1.165, 1.54) is 75.5 Å². The molecule has 512 valence electrons. The maximum absolute atomic E-state index is 13.5. The highest BCUT2D eigenvalue weighted by molar-refractivity contribution is 7.99. The molecule has 0 atom stereocenters. The van der Waals surface area contributed by atoms with Crippen molar-refractivity contribution >= 4 is 187 Å². The third-order valence-electron chi connectivity index (χ3n) is 12.6. The SMILES string of the molecule is CCSc1nc(Nc2cc(N(CC)CC)c(OC)cc2N=Nc2ncc(/C=C(\C(C)=O)C(=O)Nc3cccc(NC=O)c3)s2)nc(Nc2cc(N(CC)CC)c(OC)cc2N=Nc2nc(S(=O)(=O)O)c(/C=C(/C(C)=O)C(=O)Nc3cccc(C(N)=O)c3)s2)n1.O=S(=O)=O.O=S(=O)=O. The van der Waals surface area contributed by atoms with Gasteiger partial charge in [0.15, 0.2) is 16.7 Å². The fourth-order valence-corrected chi connectivity index (χ4v) is 11.4. The molecule has 7 rings (SSSR count). The smallest absolute Gasteiger partial charge is 0.425 e. The van der Waals surface area contributed by atoms with Gasteiger partial charge in [0.25, 0.3) is 11.8 Å². The first-order valence-electron chi connectivity index (χ1n) is 28.0. The number of amides is 4. The first-order chi connectivity index (χ1) is 46.1. The summed E-state index contributed by atoms with van der Waals surface area (Å²) in [5, 5.41) is 31.3. The predicted octanol–water partition coefficient (Wildman–Crippen LogP) is 9.05. The molecule has 0 aliphatic carbocycles. The molecule has 97 heavy (non-hydrogen) atoms. The lowest BCUT2D eigenvalue weighted by atomic mass is 10.1. The number of ketones is 2. The Hall–Kier alpha value is -10.6. The quantitative estimate of drug-likeness (QED) is 0.00419. The van der Waals surface area contributed by atoms with E-state index in [-0.39, 0.29) is 60.9 Å². The van der Waals surface area contributed by atoms with Crippen molar-refractivity contribution in [1.29, 1.82) is 0 Å². The van der Waals surface area contributed by atoms with Gasteiger partial charge in [0.2, 0.25) is 39.5 Å². The number of aromatic nitrogens is 5. The normalized spacial score (nSPS) is 11.3. The van der Waals surface area contributed by atoms with Gasteiger partial charge in [-0.1, -0.05) is 53.5 Å². The number of Topliss-reactive ketones (excluding diaryl/α,β-unsaturated/α-hetero) is 2. The zero-order chi connectivity index (χ0) is 71.7. The van der Waals surface area contributed by atoms with Crippen LogP contribution in [0.2, 0.25) is 0 Å². The molecule has 4 amide bonds. The van der Waals surface area contributed by atoms with Crippen LogP contribution in [-0.2, 0) is 55.3 Å².